The Morgan fingerprint density at radius 1 is 1.25 bits per heavy atom. The van der Waals surface area contributed by atoms with Crippen molar-refractivity contribution in [1.82, 2.24) is 5.32 Å². The van der Waals surface area contributed by atoms with Gasteiger partial charge in [-0.05, 0) is 37.1 Å². The van der Waals surface area contributed by atoms with E-state index in [9.17, 15) is 22.0 Å². The molecule has 0 atom stereocenters. The van der Waals surface area contributed by atoms with Crippen LogP contribution >= 0.6 is 0 Å². The van der Waals surface area contributed by atoms with Gasteiger partial charge in [0.15, 0.2) is 0 Å². The van der Waals surface area contributed by atoms with Gasteiger partial charge in [-0.2, -0.15) is 8.78 Å². The third-order valence-corrected chi connectivity index (χ3v) is 4.23. The SMILES string of the molecule is O=C(CNC1CC1)Nc1ccc(S(=O)(=O)C(F)F)cc1. The van der Waals surface area contributed by atoms with E-state index in [1.54, 1.807) is 0 Å². The molecular weight excluding hydrogens is 290 g/mol. The van der Waals surface area contributed by atoms with Crippen molar-refractivity contribution in [3.05, 3.63) is 24.3 Å². The van der Waals surface area contributed by atoms with Gasteiger partial charge in [0.2, 0.25) is 15.7 Å². The Morgan fingerprint density at radius 2 is 1.85 bits per heavy atom. The zero-order valence-electron chi connectivity index (χ0n) is 10.5. The van der Waals surface area contributed by atoms with Crippen molar-refractivity contribution in [2.45, 2.75) is 29.5 Å². The Bertz CT molecular complexity index is 583. The summed E-state index contributed by atoms with van der Waals surface area (Å²) in [5.74, 6) is -3.72. The lowest BCUT2D eigenvalue weighted by Crippen LogP contribution is -2.29. The molecule has 1 aliphatic carbocycles. The molecule has 1 fully saturated rings. The Kier molecular flexibility index (Phi) is 4.34. The molecule has 1 amide bonds. The fraction of sp³-hybridized carbons (Fsp3) is 0.417. The molecule has 8 heteroatoms. The van der Waals surface area contributed by atoms with Crippen LogP contribution < -0.4 is 10.6 Å². The molecule has 2 rings (SSSR count). The molecule has 5 nitrogen and oxygen atoms in total. The van der Waals surface area contributed by atoms with E-state index in [1.165, 1.54) is 12.1 Å². The highest BCUT2D eigenvalue weighted by Gasteiger charge is 2.26. The van der Waals surface area contributed by atoms with Crippen LogP contribution in [0, 0.1) is 0 Å². The number of nitrogens with one attached hydrogen (secondary N) is 2. The summed E-state index contributed by atoms with van der Waals surface area (Å²) in [6, 6.07) is 5.06. The minimum atomic E-state index is -4.59. The highest BCUT2D eigenvalue weighted by molar-refractivity contribution is 7.91. The Hall–Kier alpha value is -1.54. The third-order valence-electron chi connectivity index (χ3n) is 2.83. The minimum absolute atomic E-state index is 0.168. The van der Waals surface area contributed by atoms with Crippen molar-refractivity contribution in [2.75, 3.05) is 11.9 Å². The van der Waals surface area contributed by atoms with Crippen LogP contribution in [0.1, 0.15) is 12.8 Å². The molecule has 0 spiro atoms. The first-order chi connectivity index (χ1) is 9.39. The first-order valence-electron chi connectivity index (χ1n) is 6.05. The van der Waals surface area contributed by atoms with E-state index in [4.69, 9.17) is 0 Å². The summed E-state index contributed by atoms with van der Waals surface area (Å²) in [6.45, 7) is 0.168. The van der Waals surface area contributed by atoms with Crippen LogP contribution in [0.15, 0.2) is 29.2 Å². The second-order valence-electron chi connectivity index (χ2n) is 4.53. The molecule has 20 heavy (non-hydrogen) atoms. The maximum absolute atomic E-state index is 12.3. The first kappa shape index (κ1) is 14.9. The van der Waals surface area contributed by atoms with E-state index in [0.717, 1.165) is 25.0 Å². The average molecular weight is 304 g/mol. The number of rotatable bonds is 6. The Morgan fingerprint density at radius 3 is 2.35 bits per heavy atom. The van der Waals surface area contributed by atoms with Crippen LogP contribution in [0.2, 0.25) is 0 Å². The van der Waals surface area contributed by atoms with Gasteiger partial charge in [0.05, 0.1) is 11.4 Å². The van der Waals surface area contributed by atoms with Crippen molar-refractivity contribution in [1.29, 1.82) is 0 Å². The molecule has 1 aliphatic rings. The summed E-state index contributed by atoms with van der Waals surface area (Å²) < 4.78 is 47.1. The predicted octanol–water partition coefficient (Wildman–Crippen LogP) is 1.37. The van der Waals surface area contributed by atoms with Crippen LogP contribution in [0.3, 0.4) is 0 Å². The van der Waals surface area contributed by atoms with Gasteiger partial charge >= 0.3 is 5.76 Å². The molecule has 1 aromatic rings. The predicted molar refractivity (Wildman–Crippen MR) is 69.3 cm³/mol. The van der Waals surface area contributed by atoms with Gasteiger partial charge in [-0.3, -0.25) is 4.79 Å². The second-order valence-corrected chi connectivity index (χ2v) is 6.45. The lowest BCUT2D eigenvalue weighted by molar-refractivity contribution is -0.115. The molecule has 0 radical (unpaired) electrons. The Balaban J connectivity index is 1.95. The molecule has 110 valence electrons. The van der Waals surface area contributed by atoms with Gasteiger partial charge in [-0.25, -0.2) is 8.42 Å². The number of amides is 1. The molecule has 2 N–H and O–H groups in total. The normalized spacial score (nSPS) is 15.3. The van der Waals surface area contributed by atoms with E-state index in [-0.39, 0.29) is 12.5 Å². The van der Waals surface area contributed by atoms with Crippen molar-refractivity contribution in [2.24, 2.45) is 0 Å². The van der Waals surface area contributed by atoms with Crippen LogP contribution in [0.4, 0.5) is 14.5 Å². The third kappa shape index (κ3) is 3.73. The van der Waals surface area contributed by atoms with Gasteiger partial charge in [-0.1, -0.05) is 0 Å². The monoisotopic (exact) mass is 304 g/mol. The Labute approximate surface area is 115 Å². The topological polar surface area (TPSA) is 75.3 Å². The fourth-order valence-corrected chi connectivity index (χ4v) is 2.28. The van der Waals surface area contributed by atoms with E-state index in [0.29, 0.717) is 11.7 Å². The number of benzene rings is 1. The maximum Gasteiger partial charge on any atom is 0.341 e. The largest absolute Gasteiger partial charge is 0.341 e. The summed E-state index contributed by atoms with van der Waals surface area (Å²) in [7, 11) is -4.59. The summed E-state index contributed by atoms with van der Waals surface area (Å²) in [4.78, 5) is 11.1. The second kappa shape index (κ2) is 5.84. The maximum atomic E-state index is 12.3. The van der Waals surface area contributed by atoms with Gasteiger partial charge in [0.1, 0.15) is 0 Å². The zero-order valence-corrected chi connectivity index (χ0v) is 11.3. The molecule has 0 unspecified atom stereocenters. The molecule has 0 bridgehead atoms. The minimum Gasteiger partial charge on any atom is -0.325 e. The first-order valence-corrected chi connectivity index (χ1v) is 7.59. The zero-order chi connectivity index (χ0) is 14.8. The number of alkyl halides is 2. The van der Waals surface area contributed by atoms with Crippen molar-refractivity contribution in [3.63, 3.8) is 0 Å². The summed E-state index contributed by atoms with van der Waals surface area (Å²) in [6.07, 6.45) is 2.13. The molecule has 1 aromatic carbocycles. The number of hydrogen-bond donors (Lipinski definition) is 2. The fourth-order valence-electron chi connectivity index (χ4n) is 1.56. The summed E-state index contributed by atoms with van der Waals surface area (Å²) in [5, 5.41) is 5.57. The highest BCUT2D eigenvalue weighted by Crippen LogP contribution is 2.20. The van der Waals surface area contributed by atoms with Gasteiger partial charge in [0.25, 0.3) is 0 Å². The van der Waals surface area contributed by atoms with Crippen LogP contribution in [0.25, 0.3) is 0 Å². The van der Waals surface area contributed by atoms with E-state index < -0.39 is 20.5 Å². The number of carbonyl (C=O) groups is 1. The van der Waals surface area contributed by atoms with E-state index in [1.807, 2.05) is 0 Å². The number of halogens is 2. The smallest absolute Gasteiger partial charge is 0.325 e. The number of hydrogen-bond acceptors (Lipinski definition) is 4. The molecular formula is C12H14F2N2O3S. The van der Waals surface area contributed by atoms with Crippen molar-refractivity contribution in [3.8, 4) is 0 Å². The highest BCUT2D eigenvalue weighted by atomic mass is 32.2. The van der Waals surface area contributed by atoms with Gasteiger partial charge < -0.3 is 10.6 Å². The van der Waals surface area contributed by atoms with E-state index >= 15 is 0 Å². The van der Waals surface area contributed by atoms with Crippen LogP contribution in [0.5, 0.6) is 0 Å². The summed E-state index contributed by atoms with van der Waals surface area (Å²) in [5.41, 5.74) is 0.362. The number of anilines is 1. The van der Waals surface area contributed by atoms with Crippen molar-refractivity contribution >= 4 is 21.4 Å². The van der Waals surface area contributed by atoms with E-state index in [2.05, 4.69) is 10.6 Å². The quantitative estimate of drug-likeness (QED) is 0.832. The lowest BCUT2D eigenvalue weighted by atomic mass is 10.3. The molecule has 0 aromatic heterocycles. The van der Waals surface area contributed by atoms with Crippen LogP contribution in [-0.2, 0) is 14.6 Å². The molecule has 0 saturated heterocycles. The van der Waals surface area contributed by atoms with Gasteiger partial charge in [-0.15, -0.1) is 0 Å². The summed E-state index contributed by atoms with van der Waals surface area (Å²) >= 11 is 0. The lowest BCUT2D eigenvalue weighted by Gasteiger charge is -2.07. The number of carbonyl (C=O) groups excluding carboxylic acids is 1. The van der Waals surface area contributed by atoms with Crippen LogP contribution in [-0.4, -0.2) is 32.7 Å². The molecule has 0 heterocycles. The van der Waals surface area contributed by atoms with Gasteiger partial charge in [0, 0.05) is 11.7 Å². The molecule has 0 aliphatic heterocycles. The van der Waals surface area contributed by atoms with Crippen molar-refractivity contribution < 1.29 is 22.0 Å². The average Bonchev–Trinajstić information content (AvgIpc) is 3.21. The standard InChI is InChI=1S/C12H14F2N2O3S/c13-12(14)20(18,19)10-5-3-9(4-6-10)16-11(17)7-15-8-1-2-8/h3-6,8,12,15H,1-2,7H2,(H,16,17). The molecule has 1 saturated carbocycles. The number of sulfone groups is 1.